The molecule has 17 heavy (non-hydrogen) atoms. The van der Waals surface area contributed by atoms with Crippen LogP contribution in [0.3, 0.4) is 0 Å². The normalized spacial score (nSPS) is 13.9. The van der Waals surface area contributed by atoms with Crippen LogP contribution in [0.25, 0.3) is 0 Å². The van der Waals surface area contributed by atoms with Gasteiger partial charge in [0.05, 0.1) is 14.2 Å². The van der Waals surface area contributed by atoms with Crippen molar-refractivity contribution in [2.24, 2.45) is 11.5 Å². The second kappa shape index (κ2) is 7.24. The quantitative estimate of drug-likeness (QED) is 0.690. The van der Waals surface area contributed by atoms with Crippen molar-refractivity contribution >= 4 is 11.9 Å². The van der Waals surface area contributed by atoms with Crippen LogP contribution in [0, 0.1) is 0 Å². The van der Waals surface area contributed by atoms with E-state index in [2.05, 4.69) is 9.47 Å². The number of hydrogen-bond acceptors (Lipinski definition) is 6. The Morgan fingerprint density at radius 2 is 1.35 bits per heavy atom. The number of rotatable bonds is 3. The molecule has 0 amide bonds. The fraction of sp³-hybridized carbons (Fsp3) is 0.818. The van der Waals surface area contributed by atoms with Gasteiger partial charge in [-0.2, -0.15) is 0 Å². The van der Waals surface area contributed by atoms with Crippen LogP contribution < -0.4 is 11.5 Å². The van der Waals surface area contributed by atoms with E-state index in [0.717, 1.165) is 0 Å². The minimum Gasteiger partial charge on any atom is -0.468 e. The Balaban J connectivity index is 0. The number of methoxy groups -OCH3 is 2. The van der Waals surface area contributed by atoms with Gasteiger partial charge in [0, 0.05) is 0 Å². The molecule has 1 atom stereocenters. The molecule has 0 heterocycles. The van der Waals surface area contributed by atoms with Crippen molar-refractivity contribution < 1.29 is 19.1 Å². The van der Waals surface area contributed by atoms with E-state index in [4.69, 9.17) is 11.5 Å². The Morgan fingerprint density at radius 3 is 1.41 bits per heavy atom. The maximum atomic E-state index is 10.7. The summed E-state index contributed by atoms with van der Waals surface area (Å²) >= 11 is 0. The van der Waals surface area contributed by atoms with E-state index in [-0.39, 0.29) is 5.97 Å². The molecule has 0 saturated heterocycles. The van der Waals surface area contributed by atoms with E-state index < -0.39 is 17.0 Å². The first-order valence-corrected chi connectivity index (χ1v) is 5.27. The summed E-state index contributed by atoms with van der Waals surface area (Å²) in [6.07, 6.45) is 0.597. The van der Waals surface area contributed by atoms with Crippen molar-refractivity contribution in [2.75, 3.05) is 14.2 Å². The first kappa shape index (κ1) is 18.2. The highest BCUT2D eigenvalue weighted by Crippen LogP contribution is 2.05. The van der Waals surface area contributed by atoms with Gasteiger partial charge in [-0.1, -0.05) is 6.92 Å². The molecule has 0 rings (SSSR count). The summed E-state index contributed by atoms with van der Waals surface area (Å²) in [4.78, 5) is 21.2. The SMILES string of the molecule is CC[C@@](C)(N)C(=O)OC.COC(=O)C(C)(C)N. The molecule has 6 nitrogen and oxygen atoms in total. The minimum atomic E-state index is -0.852. The van der Waals surface area contributed by atoms with Gasteiger partial charge < -0.3 is 20.9 Å². The largest absolute Gasteiger partial charge is 0.468 e. The fourth-order valence-corrected chi connectivity index (χ4v) is 0.641. The molecule has 4 N–H and O–H groups in total. The highest BCUT2D eigenvalue weighted by molar-refractivity contribution is 5.79. The Labute approximate surface area is 103 Å². The highest BCUT2D eigenvalue weighted by Gasteiger charge is 2.26. The van der Waals surface area contributed by atoms with Gasteiger partial charge in [-0.25, -0.2) is 0 Å². The van der Waals surface area contributed by atoms with Crippen LogP contribution in [-0.2, 0) is 19.1 Å². The van der Waals surface area contributed by atoms with Gasteiger partial charge in [-0.3, -0.25) is 9.59 Å². The lowest BCUT2D eigenvalue weighted by atomic mass is 10.0. The summed E-state index contributed by atoms with van der Waals surface area (Å²) in [5, 5.41) is 0. The molecule has 0 aliphatic carbocycles. The van der Waals surface area contributed by atoms with E-state index in [1.54, 1.807) is 20.8 Å². The number of hydrogen-bond donors (Lipinski definition) is 2. The summed E-state index contributed by atoms with van der Waals surface area (Å²) in [7, 11) is 2.65. The summed E-state index contributed by atoms with van der Waals surface area (Å²) in [6.45, 7) is 6.69. The predicted octanol–water partition coefficient (Wildman–Crippen LogP) is 0.184. The maximum Gasteiger partial charge on any atom is 0.325 e. The molecular formula is C11H24N2O4. The molecular weight excluding hydrogens is 224 g/mol. The average Bonchev–Trinajstić information content (AvgIpc) is 2.26. The minimum absolute atomic E-state index is 0.356. The van der Waals surface area contributed by atoms with Crippen LogP contribution in [-0.4, -0.2) is 37.2 Å². The van der Waals surface area contributed by atoms with Gasteiger partial charge in [0.15, 0.2) is 0 Å². The number of carbonyl (C=O) groups is 2. The third-order valence-electron chi connectivity index (χ3n) is 2.10. The number of esters is 2. The Bertz CT molecular complexity index is 257. The molecule has 102 valence electrons. The maximum absolute atomic E-state index is 10.7. The Kier molecular flexibility index (Phi) is 7.76. The van der Waals surface area contributed by atoms with E-state index in [1.807, 2.05) is 6.92 Å². The predicted molar refractivity (Wildman–Crippen MR) is 65.2 cm³/mol. The topological polar surface area (TPSA) is 105 Å². The smallest absolute Gasteiger partial charge is 0.325 e. The molecule has 0 fully saturated rings. The van der Waals surface area contributed by atoms with Gasteiger partial charge in [0.1, 0.15) is 11.1 Å². The van der Waals surface area contributed by atoms with Gasteiger partial charge in [0.25, 0.3) is 0 Å². The molecule has 0 aliphatic heterocycles. The van der Waals surface area contributed by atoms with Crippen molar-refractivity contribution in [1.29, 1.82) is 0 Å². The monoisotopic (exact) mass is 248 g/mol. The van der Waals surface area contributed by atoms with Crippen molar-refractivity contribution in [1.82, 2.24) is 0 Å². The van der Waals surface area contributed by atoms with E-state index >= 15 is 0 Å². The molecule has 0 bridgehead atoms. The first-order chi connectivity index (χ1) is 7.52. The van der Waals surface area contributed by atoms with Gasteiger partial charge in [-0.15, -0.1) is 0 Å². The summed E-state index contributed by atoms with van der Waals surface area (Å²) < 4.78 is 8.79. The van der Waals surface area contributed by atoms with Crippen LogP contribution >= 0.6 is 0 Å². The molecule has 0 spiro atoms. The second-order valence-electron chi connectivity index (χ2n) is 4.48. The van der Waals surface area contributed by atoms with Crippen molar-refractivity contribution in [3.8, 4) is 0 Å². The van der Waals surface area contributed by atoms with Crippen LogP contribution in [0.4, 0.5) is 0 Å². The molecule has 0 unspecified atom stereocenters. The van der Waals surface area contributed by atoms with Gasteiger partial charge in [-0.05, 0) is 27.2 Å². The number of ether oxygens (including phenoxy) is 2. The molecule has 6 heteroatoms. The van der Waals surface area contributed by atoms with Crippen molar-refractivity contribution in [3.63, 3.8) is 0 Å². The third kappa shape index (κ3) is 7.70. The summed E-state index contributed by atoms with van der Waals surface area (Å²) in [5.74, 6) is -0.748. The third-order valence-corrected chi connectivity index (χ3v) is 2.10. The highest BCUT2D eigenvalue weighted by atomic mass is 16.5. The van der Waals surface area contributed by atoms with Gasteiger partial charge in [0.2, 0.25) is 0 Å². The molecule has 0 radical (unpaired) electrons. The standard InChI is InChI=1S/C6H13NO2.C5H11NO2/c1-4-6(2,7)5(8)9-3;1-5(2,6)4(7)8-3/h4,7H2,1-3H3;6H2,1-3H3/t6-;/m1./s1. The average molecular weight is 248 g/mol. The lowest BCUT2D eigenvalue weighted by Crippen LogP contribution is -2.44. The lowest BCUT2D eigenvalue weighted by molar-refractivity contribution is -0.146. The Hall–Kier alpha value is -1.14. The molecule has 0 aromatic heterocycles. The zero-order valence-corrected chi connectivity index (χ0v) is 11.5. The zero-order chi connectivity index (χ0) is 14.3. The molecule has 0 saturated carbocycles. The van der Waals surface area contributed by atoms with Crippen LogP contribution in [0.5, 0.6) is 0 Å². The zero-order valence-electron chi connectivity index (χ0n) is 11.5. The van der Waals surface area contributed by atoms with Crippen LogP contribution in [0.1, 0.15) is 34.1 Å². The van der Waals surface area contributed by atoms with E-state index in [1.165, 1.54) is 14.2 Å². The van der Waals surface area contributed by atoms with E-state index in [9.17, 15) is 9.59 Å². The second-order valence-corrected chi connectivity index (χ2v) is 4.48. The Morgan fingerprint density at radius 1 is 1.00 bits per heavy atom. The number of nitrogens with two attached hydrogens (primary N) is 2. The molecule has 0 aromatic carbocycles. The van der Waals surface area contributed by atoms with Crippen molar-refractivity contribution in [2.45, 2.75) is 45.2 Å². The summed E-state index contributed by atoms with van der Waals surface area (Å²) in [5.41, 5.74) is 9.15. The summed E-state index contributed by atoms with van der Waals surface area (Å²) in [6, 6.07) is 0. The lowest BCUT2D eigenvalue weighted by Gasteiger charge is -2.18. The molecule has 0 aromatic rings. The molecule has 0 aliphatic rings. The fourth-order valence-electron chi connectivity index (χ4n) is 0.641. The van der Waals surface area contributed by atoms with Gasteiger partial charge >= 0.3 is 11.9 Å². The number of carbonyl (C=O) groups excluding carboxylic acids is 2. The van der Waals surface area contributed by atoms with E-state index in [0.29, 0.717) is 6.42 Å². The van der Waals surface area contributed by atoms with Crippen LogP contribution in [0.2, 0.25) is 0 Å². The van der Waals surface area contributed by atoms with Crippen LogP contribution in [0.15, 0.2) is 0 Å². The van der Waals surface area contributed by atoms with Crippen molar-refractivity contribution in [3.05, 3.63) is 0 Å². The first-order valence-electron chi connectivity index (χ1n) is 5.27.